The van der Waals surface area contributed by atoms with Gasteiger partial charge in [0.15, 0.2) is 6.10 Å². The number of aliphatic hydroxyl groups excluding tert-OH is 1. The molecular formula is C21H24ClNO5. The Labute approximate surface area is 169 Å². The first-order chi connectivity index (χ1) is 13.2. The van der Waals surface area contributed by atoms with E-state index in [4.69, 9.17) is 21.1 Å². The summed E-state index contributed by atoms with van der Waals surface area (Å²) in [6, 6.07) is 14.4. The number of hydrogen-bond acceptors (Lipinski definition) is 5. The van der Waals surface area contributed by atoms with Crippen LogP contribution in [0, 0.1) is 0 Å². The van der Waals surface area contributed by atoms with Crippen molar-refractivity contribution in [3.63, 3.8) is 0 Å². The van der Waals surface area contributed by atoms with E-state index in [0.29, 0.717) is 10.6 Å². The fourth-order valence-electron chi connectivity index (χ4n) is 2.40. The standard InChI is InChI=1S/C21H24ClNO5/c1-21(2,3)28-20(26)23-17(15-9-11-16(22)12-10-15)18(24)19(25)27-13-14-7-5-4-6-8-14/h4-12,17-18,24H,13H2,1-3H3,(H,23,26)/t17-,18+/m0/s1. The van der Waals surface area contributed by atoms with E-state index in [9.17, 15) is 14.7 Å². The van der Waals surface area contributed by atoms with Crippen molar-refractivity contribution in [3.8, 4) is 0 Å². The van der Waals surface area contributed by atoms with Crippen molar-refractivity contribution in [2.75, 3.05) is 0 Å². The minimum absolute atomic E-state index is 0.0104. The molecule has 0 bridgehead atoms. The van der Waals surface area contributed by atoms with Gasteiger partial charge in [-0.2, -0.15) is 0 Å². The topological polar surface area (TPSA) is 84.9 Å². The van der Waals surface area contributed by atoms with Gasteiger partial charge in [-0.15, -0.1) is 0 Å². The maximum Gasteiger partial charge on any atom is 0.408 e. The van der Waals surface area contributed by atoms with Crippen LogP contribution in [0.2, 0.25) is 5.02 Å². The van der Waals surface area contributed by atoms with Crippen LogP contribution in [0.15, 0.2) is 54.6 Å². The Bertz CT molecular complexity index is 787. The molecule has 0 saturated heterocycles. The molecule has 2 atom stereocenters. The first-order valence-corrected chi connectivity index (χ1v) is 9.17. The van der Waals surface area contributed by atoms with Crippen molar-refractivity contribution in [2.24, 2.45) is 0 Å². The van der Waals surface area contributed by atoms with Crippen LogP contribution in [0.25, 0.3) is 0 Å². The first-order valence-electron chi connectivity index (χ1n) is 8.79. The van der Waals surface area contributed by atoms with Crippen LogP contribution >= 0.6 is 11.6 Å². The summed E-state index contributed by atoms with van der Waals surface area (Å²) < 4.78 is 10.4. The molecule has 6 nitrogen and oxygen atoms in total. The summed E-state index contributed by atoms with van der Waals surface area (Å²) in [4.78, 5) is 24.6. The Morgan fingerprint density at radius 3 is 2.25 bits per heavy atom. The number of ether oxygens (including phenoxy) is 2. The molecule has 0 aliphatic carbocycles. The molecule has 0 aromatic heterocycles. The number of hydrogen-bond donors (Lipinski definition) is 2. The average Bonchev–Trinajstić information content (AvgIpc) is 2.64. The van der Waals surface area contributed by atoms with Crippen LogP contribution in [0.3, 0.4) is 0 Å². The average molecular weight is 406 g/mol. The Morgan fingerprint density at radius 2 is 1.68 bits per heavy atom. The molecule has 150 valence electrons. The Hall–Kier alpha value is -2.57. The van der Waals surface area contributed by atoms with E-state index in [1.54, 1.807) is 57.2 Å². The molecular weight excluding hydrogens is 382 g/mol. The highest BCUT2D eigenvalue weighted by Crippen LogP contribution is 2.22. The van der Waals surface area contributed by atoms with Crippen LogP contribution in [-0.4, -0.2) is 28.9 Å². The van der Waals surface area contributed by atoms with Gasteiger partial charge >= 0.3 is 12.1 Å². The van der Waals surface area contributed by atoms with Gasteiger partial charge in [0.2, 0.25) is 0 Å². The second-order valence-electron chi connectivity index (χ2n) is 7.21. The van der Waals surface area contributed by atoms with Gasteiger partial charge in [0.05, 0.1) is 6.04 Å². The zero-order valence-corrected chi connectivity index (χ0v) is 16.8. The number of amides is 1. The highest BCUT2D eigenvalue weighted by atomic mass is 35.5. The third-order valence-electron chi connectivity index (χ3n) is 3.68. The van der Waals surface area contributed by atoms with E-state index < -0.39 is 29.8 Å². The van der Waals surface area contributed by atoms with Crippen molar-refractivity contribution >= 4 is 23.7 Å². The summed E-state index contributed by atoms with van der Waals surface area (Å²) >= 11 is 5.90. The van der Waals surface area contributed by atoms with E-state index in [1.807, 2.05) is 18.2 Å². The molecule has 2 N–H and O–H groups in total. The van der Waals surface area contributed by atoms with Crippen molar-refractivity contribution < 1.29 is 24.2 Å². The lowest BCUT2D eigenvalue weighted by Gasteiger charge is -2.26. The summed E-state index contributed by atoms with van der Waals surface area (Å²) in [6.07, 6.45) is -2.39. The summed E-state index contributed by atoms with van der Waals surface area (Å²) in [7, 11) is 0. The van der Waals surface area contributed by atoms with Crippen LogP contribution in [0.5, 0.6) is 0 Å². The third kappa shape index (κ3) is 6.87. The smallest absolute Gasteiger partial charge is 0.408 e. The highest BCUT2D eigenvalue weighted by Gasteiger charge is 2.32. The van der Waals surface area contributed by atoms with Gasteiger partial charge in [-0.05, 0) is 44.0 Å². The van der Waals surface area contributed by atoms with Gasteiger partial charge in [-0.1, -0.05) is 54.1 Å². The van der Waals surface area contributed by atoms with Crippen molar-refractivity contribution in [1.82, 2.24) is 5.32 Å². The van der Waals surface area contributed by atoms with Crippen LogP contribution in [-0.2, 0) is 20.9 Å². The molecule has 28 heavy (non-hydrogen) atoms. The van der Waals surface area contributed by atoms with Gasteiger partial charge in [0.25, 0.3) is 0 Å². The lowest BCUT2D eigenvalue weighted by Crippen LogP contribution is -2.43. The van der Waals surface area contributed by atoms with E-state index in [1.165, 1.54) is 0 Å². The number of esters is 1. The predicted octanol–water partition coefficient (Wildman–Crippen LogP) is 4.01. The monoisotopic (exact) mass is 405 g/mol. The number of rotatable bonds is 6. The van der Waals surface area contributed by atoms with Crippen LogP contribution < -0.4 is 5.32 Å². The molecule has 0 aliphatic heterocycles. The lowest BCUT2D eigenvalue weighted by atomic mass is 10.0. The van der Waals surface area contributed by atoms with E-state index in [0.717, 1.165) is 5.56 Å². The fraction of sp³-hybridized carbons (Fsp3) is 0.333. The molecule has 0 fully saturated rings. The number of carbonyl (C=O) groups is 2. The van der Waals surface area contributed by atoms with Crippen LogP contribution in [0.4, 0.5) is 4.79 Å². The number of benzene rings is 2. The number of nitrogens with one attached hydrogen (secondary N) is 1. The third-order valence-corrected chi connectivity index (χ3v) is 3.93. The fourth-order valence-corrected chi connectivity index (χ4v) is 2.53. The molecule has 0 aliphatic rings. The minimum Gasteiger partial charge on any atom is -0.459 e. The zero-order chi connectivity index (χ0) is 20.7. The van der Waals surface area contributed by atoms with Gasteiger partial charge in [-0.3, -0.25) is 0 Å². The summed E-state index contributed by atoms with van der Waals surface area (Å²) in [5.41, 5.74) is 0.540. The second kappa shape index (κ2) is 9.57. The molecule has 2 rings (SSSR count). The van der Waals surface area contributed by atoms with E-state index in [2.05, 4.69) is 5.32 Å². The van der Waals surface area contributed by atoms with Gasteiger partial charge in [0.1, 0.15) is 12.2 Å². The highest BCUT2D eigenvalue weighted by molar-refractivity contribution is 6.30. The van der Waals surface area contributed by atoms with Gasteiger partial charge in [-0.25, -0.2) is 9.59 Å². The van der Waals surface area contributed by atoms with E-state index >= 15 is 0 Å². The Kier molecular flexibility index (Phi) is 7.43. The summed E-state index contributed by atoms with van der Waals surface area (Å²) in [5, 5.41) is 13.6. The maximum atomic E-state index is 12.4. The molecule has 2 aromatic rings. The second-order valence-corrected chi connectivity index (χ2v) is 7.65. The van der Waals surface area contributed by atoms with Crippen molar-refractivity contribution in [2.45, 2.75) is 45.1 Å². The molecule has 0 saturated carbocycles. The molecule has 7 heteroatoms. The maximum absolute atomic E-state index is 12.4. The van der Waals surface area contributed by atoms with Crippen LogP contribution in [0.1, 0.15) is 37.9 Å². The van der Waals surface area contributed by atoms with E-state index in [-0.39, 0.29) is 6.61 Å². The molecule has 2 aromatic carbocycles. The Balaban J connectivity index is 2.13. The normalized spacial score (nSPS) is 13.3. The predicted molar refractivity (Wildman–Crippen MR) is 106 cm³/mol. The quantitative estimate of drug-likeness (QED) is 0.709. The number of aliphatic hydroxyl groups is 1. The number of alkyl carbamates (subject to hydrolysis) is 1. The van der Waals surface area contributed by atoms with Crippen molar-refractivity contribution in [3.05, 3.63) is 70.7 Å². The number of carbonyl (C=O) groups excluding carboxylic acids is 2. The Morgan fingerprint density at radius 1 is 1.07 bits per heavy atom. The summed E-state index contributed by atoms with van der Waals surface area (Å²) in [5.74, 6) is -0.861. The first kappa shape index (κ1) is 21.7. The molecule has 0 heterocycles. The lowest BCUT2D eigenvalue weighted by molar-refractivity contribution is -0.156. The molecule has 0 unspecified atom stereocenters. The molecule has 0 spiro atoms. The van der Waals surface area contributed by atoms with Gasteiger partial charge < -0.3 is 19.9 Å². The van der Waals surface area contributed by atoms with Gasteiger partial charge in [0, 0.05) is 5.02 Å². The molecule has 1 amide bonds. The minimum atomic E-state index is -1.63. The summed E-state index contributed by atoms with van der Waals surface area (Å²) in [6.45, 7) is 5.16. The largest absolute Gasteiger partial charge is 0.459 e. The van der Waals surface area contributed by atoms with Crippen molar-refractivity contribution in [1.29, 1.82) is 0 Å². The number of halogens is 1. The zero-order valence-electron chi connectivity index (χ0n) is 16.0. The molecule has 0 radical (unpaired) electrons. The SMILES string of the molecule is CC(C)(C)OC(=O)N[C@@H](c1ccc(Cl)cc1)[C@@H](O)C(=O)OCc1ccccc1.